The maximum atomic E-state index is 14.0. The Balaban J connectivity index is 2.20. The average Bonchev–Trinajstić information content (AvgIpc) is 2.55. The van der Waals surface area contributed by atoms with Gasteiger partial charge in [-0.1, -0.05) is 22.6 Å². The van der Waals surface area contributed by atoms with Gasteiger partial charge in [0.15, 0.2) is 6.23 Å². The zero-order valence-electron chi connectivity index (χ0n) is 9.03. The van der Waals surface area contributed by atoms with E-state index in [0.717, 1.165) is 4.90 Å². The number of rotatable bonds is 2. The molecule has 1 unspecified atom stereocenters. The summed E-state index contributed by atoms with van der Waals surface area (Å²) in [5.74, 6) is -2.41. The minimum absolute atomic E-state index is 0.193. The molecular weight excluding hydrogens is 362 g/mol. The highest BCUT2D eigenvalue weighted by Crippen LogP contribution is 2.36. The van der Waals surface area contributed by atoms with Crippen molar-refractivity contribution in [3.63, 3.8) is 0 Å². The lowest BCUT2D eigenvalue weighted by atomic mass is 10.1. The summed E-state index contributed by atoms with van der Waals surface area (Å²) in [5.41, 5.74) is 0. The molecule has 0 aromatic rings. The number of aliphatic hydroxyl groups excluding tert-OH is 3. The highest BCUT2D eigenvalue weighted by atomic mass is 127. The molecule has 2 aliphatic rings. The smallest absolute Gasteiger partial charge is 0.325 e. The van der Waals surface area contributed by atoms with E-state index in [9.17, 15) is 19.4 Å². The Kier molecular flexibility index (Phi) is 3.78. The van der Waals surface area contributed by atoms with Gasteiger partial charge in [-0.25, -0.2) is 9.18 Å². The van der Waals surface area contributed by atoms with Crippen LogP contribution in [0.15, 0.2) is 12.3 Å². The van der Waals surface area contributed by atoms with Gasteiger partial charge in [0.05, 0.1) is 4.43 Å². The van der Waals surface area contributed by atoms with E-state index in [0.29, 0.717) is 0 Å². The normalized spacial score (nSPS) is 44.3. The molecule has 0 aromatic carbocycles. The van der Waals surface area contributed by atoms with Crippen molar-refractivity contribution in [2.24, 2.45) is 0 Å². The Labute approximate surface area is 115 Å². The molecule has 4 N–H and O–H groups in total. The maximum absolute atomic E-state index is 14.0. The SMILES string of the molecule is O=C1NC(O)C=CN1[C@@H]1O[C@](F)(CI)[C@@H](O)[C@H]1O. The first kappa shape index (κ1) is 13.9. The summed E-state index contributed by atoms with van der Waals surface area (Å²) in [6.07, 6.45) is -3.40. The second kappa shape index (κ2) is 4.89. The van der Waals surface area contributed by atoms with Gasteiger partial charge in [0.25, 0.3) is 0 Å². The van der Waals surface area contributed by atoms with E-state index in [1.54, 1.807) is 22.6 Å². The fourth-order valence-electron chi connectivity index (χ4n) is 1.77. The van der Waals surface area contributed by atoms with Crippen molar-refractivity contribution in [1.29, 1.82) is 0 Å². The molecule has 0 bridgehead atoms. The molecule has 18 heavy (non-hydrogen) atoms. The summed E-state index contributed by atoms with van der Waals surface area (Å²) in [4.78, 5) is 12.4. The highest BCUT2D eigenvalue weighted by molar-refractivity contribution is 14.1. The minimum Gasteiger partial charge on any atom is -0.385 e. The molecule has 102 valence electrons. The number of halogens is 2. The van der Waals surface area contributed by atoms with Crippen LogP contribution in [0.25, 0.3) is 0 Å². The zero-order valence-corrected chi connectivity index (χ0v) is 11.2. The Morgan fingerprint density at radius 1 is 1.56 bits per heavy atom. The van der Waals surface area contributed by atoms with Crippen molar-refractivity contribution in [1.82, 2.24) is 10.2 Å². The molecule has 0 radical (unpaired) electrons. The highest BCUT2D eigenvalue weighted by Gasteiger charge is 2.57. The number of carbonyl (C=O) groups excluding carboxylic acids is 1. The van der Waals surface area contributed by atoms with Gasteiger partial charge in [-0.2, -0.15) is 0 Å². The van der Waals surface area contributed by atoms with Crippen molar-refractivity contribution < 1.29 is 29.2 Å². The van der Waals surface area contributed by atoms with Gasteiger partial charge in [0.2, 0.25) is 5.85 Å². The largest absolute Gasteiger partial charge is 0.385 e. The molecule has 0 spiro atoms. The summed E-state index contributed by atoms with van der Waals surface area (Å²) >= 11 is 1.67. The van der Waals surface area contributed by atoms with E-state index < -0.39 is 36.5 Å². The van der Waals surface area contributed by atoms with Crippen molar-refractivity contribution in [2.45, 2.75) is 30.5 Å². The Morgan fingerprint density at radius 2 is 2.22 bits per heavy atom. The Bertz CT molecular complexity index is 384. The predicted octanol–water partition coefficient (Wildman–Crippen LogP) is -0.977. The van der Waals surface area contributed by atoms with Crippen molar-refractivity contribution in [3.05, 3.63) is 12.3 Å². The van der Waals surface area contributed by atoms with Crippen LogP contribution in [0, 0.1) is 0 Å². The number of ether oxygens (including phenoxy) is 1. The number of hydrogen-bond acceptors (Lipinski definition) is 5. The van der Waals surface area contributed by atoms with Crippen LogP contribution in [0.1, 0.15) is 0 Å². The maximum Gasteiger partial charge on any atom is 0.325 e. The number of hydrogen-bond donors (Lipinski definition) is 4. The van der Waals surface area contributed by atoms with Crippen LogP contribution in [0.2, 0.25) is 0 Å². The Morgan fingerprint density at radius 3 is 2.72 bits per heavy atom. The molecule has 2 rings (SSSR count). The van der Waals surface area contributed by atoms with Crippen LogP contribution in [0.5, 0.6) is 0 Å². The van der Waals surface area contributed by atoms with E-state index >= 15 is 0 Å². The predicted molar refractivity (Wildman–Crippen MR) is 65.1 cm³/mol. The Hall–Kier alpha value is -0.490. The zero-order chi connectivity index (χ0) is 13.5. The summed E-state index contributed by atoms with van der Waals surface area (Å²) in [6.45, 7) is 0. The molecule has 9 heteroatoms. The number of nitrogens with zero attached hydrogens (tertiary/aromatic N) is 1. The van der Waals surface area contributed by atoms with E-state index in [2.05, 4.69) is 5.32 Å². The first-order chi connectivity index (χ1) is 8.39. The average molecular weight is 374 g/mol. The van der Waals surface area contributed by atoms with Crippen LogP contribution >= 0.6 is 22.6 Å². The second-order valence-corrected chi connectivity index (χ2v) is 4.77. The van der Waals surface area contributed by atoms with Crippen LogP contribution in [0.3, 0.4) is 0 Å². The monoisotopic (exact) mass is 374 g/mol. The lowest BCUT2D eigenvalue weighted by molar-refractivity contribution is -0.171. The van der Waals surface area contributed by atoms with Crippen LogP contribution in [0.4, 0.5) is 9.18 Å². The number of nitrogens with one attached hydrogen (secondary N) is 1. The first-order valence-corrected chi connectivity index (χ1v) is 6.65. The molecule has 1 saturated heterocycles. The lowest BCUT2D eigenvalue weighted by Gasteiger charge is -2.31. The van der Waals surface area contributed by atoms with Crippen LogP contribution < -0.4 is 5.32 Å². The number of alkyl halides is 2. The lowest BCUT2D eigenvalue weighted by Crippen LogP contribution is -2.53. The number of urea groups is 1. The molecule has 2 amide bonds. The van der Waals surface area contributed by atoms with Crippen molar-refractivity contribution >= 4 is 28.6 Å². The third-order valence-corrected chi connectivity index (χ3v) is 3.81. The van der Waals surface area contributed by atoms with Gasteiger partial charge in [-0.3, -0.25) is 4.90 Å². The van der Waals surface area contributed by atoms with E-state index in [-0.39, 0.29) is 4.43 Å². The third-order valence-electron chi connectivity index (χ3n) is 2.77. The molecule has 5 atom stereocenters. The summed E-state index contributed by atoms with van der Waals surface area (Å²) in [7, 11) is 0. The molecule has 2 aliphatic heterocycles. The summed E-state index contributed by atoms with van der Waals surface area (Å²) < 4.78 is 18.8. The van der Waals surface area contributed by atoms with Gasteiger partial charge in [-0.05, 0) is 6.08 Å². The topological polar surface area (TPSA) is 102 Å². The molecule has 0 aliphatic carbocycles. The first-order valence-electron chi connectivity index (χ1n) is 5.13. The van der Waals surface area contributed by atoms with Gasteiger partial charge in [0.1, 0.15) is 18.4 Å². The number of aliphatic hydroxyl groups is 3. The summed E-state index contributed by atoms with van der Waals surface area (Å²) in [5, 5.41) is 30.6. The quantitative estimate of drug-likeness (QED) is 0.368. The molecule has 1 fully saturated rings. The standard InChI is InChI=1S/C9H12FIN2O5/c10-9(3-11)6(16)5(15)7(18-9)13-2-1-4(14)12-8(13)17/h1-2,4-7,14-16H,3H2,(H,12,17)/t4?,5-,6+,7-,9-/m1/s1. The number of carbonyl (C=O) groups is 1. The number of amides is 2. The van der Waals surface area contributed by atoms with E-state index in [1.165, 1.54) is 12.3 Å². The van der Waals surface area contributed by atoms with Crippen molar-refractivity contribution in [2.75, 3.05) is 4.43 Å². The van der Waals surface area contributed by atoms with Crippen molar-refractivity contribution in [3.8, 4) is 0 Å². The fourth-order valence-corrected chi connectivity index (χ4v) is 2.41. The second-order valence-electron chi connectivity index (χ2n) is 4.01. The molecular formula is C9H12FIN2O5. The van der Waals surface area contributed by atoms with Crippen LogP contribution in [-0.2, 0) is 4.74 Å². The minimum atomic E-state index is -2.41. The third kappa shape index (κ3) is 2.20. The molecule has 0 aromatic heterocycles. The summed E-state index contributed by atoms with van der Waals surface area (Å²) in [6, 6.07) is -0.751. The molecule has 2 heterocycles. The fraction of sp³-hybridized carbons (Fsp3) is 0.667. The van der Waals surface area contributed by atoms with Crippen LogP contribution in [-0.4, -0.2) is 61.2 Å². The molecule has 7 nitrogen and oxygen atoms in total. The van der Waals surface area contributed by atoms with E-state index in [1.807, 2.05) is 0 Å². The van der Waals surface area contributed by atoms with Gasteiger partial charge >= 0.3 is 6.03 Å². The molecule has 0 saturated carbocycles. The van der Waals surface area contributed by atoms with Gasteiger partial charge in [-0.15, -0.1) is 0 Å². The van der Waals surface area contributed by atoms with E-state index in [4.69, 9.17) is 9.84 Å². The van der Waals surface area contributed by atoms with Gasteiger partial charge < -0.3 is 25.4 Å². The van der Waals surface area contributed by atoms with Gasteiger partial charge in [0, 0.05) is 6.20 Å².